The number of nitrogens with two attached hydrogens (primary N) is 1. The Labute approximate surface area is 302 Å². The van der Waals surface area contributed by atoms with Crippen molar-refractivity contribution < 1.29 is 18.0 Å². The van der Waals surface area contributed by atoms with Crippen molar-refractivity contribution in [2.75, 3.05) is 44.7 Å². The molecule has 3 N–H and O–H groups in total. The number of aromatic nitrogens is 1. The van der Waals surface area contributed by atoms with E-state index in [0.29, 0.717) is 31.0 Å². The van der Waals surface area contributed by atoms with E-state index in [-0.39, 0.29) is 11.4 Å². The van der Waals surface area contributed by atoms with Crippen LogP contribution in [0.5, 0.6) is 0 Å². The average molecular weight is 731 g/mol. The van der Waals surface area contributed by atoms with Crippen LogP contribution in [-0.4, -0.2) is 94.4 Å². The van der Waals surface area contributed by atoms with Crippen LogP contribution in [0.2, 0.25) is 0 Å². The molecule has 0 aliphatic carbocycles. The minimum absolute atomic E-state index is 0.0773. The van der Waals surface area contributed by atoms with Crippen molar-refractivity contribution in [1.29, 1.82) is 0 Å². The fraction of sp³-hybridized carbons (Fsp3) is 0.324. The number of likely N-dealkylation sites (N-methyl/N-ethyl adjacent to an activating group) is 1. The van der Waals surface area contributed by atoms with Gasteiger partial charge in [0.2, 0.25) is 20.9 Å². The lowest BCUT2D eigenvalue weighted by molar-refractivity contribution is -0.136. The molecule has 262 valence electrons. The molecule has 10 nitrogen and oxygen atoms in total. The highest BCUT2D eigenvalue weighted by atomic mass is 32.2. The molecule has 2 saturated heterocycles. The van der Waals surface area contributed by atoms with Crippen LogP contribution in [0.4, 0.5) is 0 Å². The minimum Gasteiger partial charge on any atom is -0.368 e. The average Bonchev–Trinajstić information content (AvgIpc) is 3.83. The van der Waals surface area contributed by atoms with Crippen LogP contribution in [0.1, 0.15) is 23.7 Å². The van der Waals surface area contributed by atoms with Gasteiger partial charge in [-0.2, -0.15) is 4.31 Å². The fourth-order valence-corrected chi connectivity index (χ4v) is 11.2. The Balaban J connectivity index is 1.30. The maximum absolute atomic E-state index is 14.9. The summed E-state index contributed by atoms with van der Waals surface area (Å²) in [7, 11) is -2.16. The highest BCUT2D eigenvalue weighted by Crippen LogP contribution is 2.47. The van der Waals surface area contributed by atoms with Crippen molar-refractivity contribution >= 4 is 45.4 Å². The molecular weight excluding hydrogens is 689 g/mol. The summed E-state index contributed by atoms with van der Waals surface area (Å²) in [4.78, 5) is 34.4. The van der Waals surface area contributed by atoms with Gasteiger partial charge in [-0.1, -0.05) is 78.9 Å². The van der Waals surface area contributed by atoms with Gasteiger partial charge in [0.15, 0.2) is 0 Å². The van der Waals surface area contributed by atoms with Gasteiger partial charge in [-0.15, -0.1) is 23.5 Å². The van der Waals surface area contributed by atoms with Gasteiger partial charge in [-0.05, 0) is 54.4 Å². The SMILES string of the molecule is CN(CCc1ccccn1)CCC(NC(=O)C1(N2CCSC2C(N)=O)SCCN1S(=O)(=O)c1ccc(-c2ccccc2)cc1)c1ccccc1. The smallest absolute Gasteiger partial charge is 0.268 e. The highest BCUT2D eigenvalue weighted by molar-refractivity contribution is 8.03. The lowest BCUT2D eigenvalue weighted by Gasteiger charge is -2.44. The molecule has 1 aromatic heterocycles. The quantitative estimate of drug-likeness (QED) is 0.194. The third-order valence-electron chi connectivity index (χ3n) is 9.09. The maximum atomic E-state index is 14.9. The Bertz CT molecular complexity index is 1850. The summed E-state index contributed by atoms with van der Waals surface area (Å²) in [5.41, 5.74) is 9.64. The molecule has 0 saturated carbocycles. The zero-order chi connectivity index (χ0) is 35.1. The van der Waals surface area contributed by atoms with Crippen molar-refractivity contribution in [3.05, 3.63) is 121 Å². The van der Waals surface area contributed by atoms with Crippen LogP contribution in [0.25, 0.3) is 11.1 Å². The summed E-state index contributed by atoms with van der Waals surface area (Å²) in [5.74, 6) is -0.186. The Morgan fingerprint density at radius 2 is 1.60 bits per heavy atom. The van der Waals surface area contributed by atoms with Crippen LogP contribution in [0, 0.1) is 0 Å². The number of nitrogens with zero attached hydrogens (tertiary/aromatic N) is 4. The largest absolute Gasteiger partial charge is 0.368 e. The van der Waals surface area contributed by atoms with Gasteiger partial charge >= 0.3 is 0 Å². The number of rotatable bonds is 14. The first-order valence-electron chi connectivity index (χ1n) is 16.6. The summed E-state index contributed by atoms with van der Waals surface area (Å²) >= 11 is 2.56. The van der Waals surface area contributed by atoms with Crippen molar-refractivity contribution in [3.63, 3.8) is 0 Å². The van der Waals surface area contributed by atoms with E-state index in [1.165, 1.54) is 27.8 Å². The Kier molecular flexibility index (Phi) is 11.6. The molecule has 3 heterocycles. The van der Waals surface area contributed by atoms with E-state index in [2.05, 4.69) is 15.2 Å². The summed E-state index contributed by atoms with van der Waals surface area (Å²) in [6, 6.07) is 31.6. The molecule has 13 heteroatoms. The number of pyridine rings is 1. The lowest BCUT2D eigenvalue weighted by Crippen LogP contribution is -2.67. The Hall–Kier alpha value is -3.72. The predicted molar refractivity (Wildman–Crippen MR) is 200 cm³/mol. The van der Waals surface area contributed by atoms with E-state index in [9.17, 15) is 18.0 Å². The molecule has 3 unspecified atom stereocenters. The molecule has 0 radical (unpaired) electrons. The van der Waals surface area contributed by atoms with Crippen LogP contribution in [0.15, 0.2) is 114 Å². The number of nitrogens with one attached hydrogen (secondary N) is 1. The second-order valence-corrected chi connectivity index (χ2v) is 16.7. The number of primary amides is 1. The van der Waals surface area contributed by atoms with E-state index in [1.54, 1.807) is 35.4 Å². The van der Waals surface area contributed by atoms with Gasteiger partial charge in [0.05, 0.1) is 10.9 Å². The molecule has 3 aromatic carbocycles. The van der Waals surface area contributed by atoms with Crippen molar-refractivity contribution in [2.24, 2.45) is 5.73 Å². The first-order chi connectivity index (χ1) is 24.2. The molecular formula is C37H42N6O4S3. The van der Waals surface area contributed by atoms with Crippen molar-refractivity contribution in [2.45, 2.75) is 34.1 Å². The number of benzene rings is 3. The standard InChI is InChI=1S/C37H42N6O4S3/c1-41(22-19-31-14-8-9-21-39-31)23-20-33(30-12-6-3-7-13-30)40-36(45)37(42-24-26-48-35(42)34(38)44)43(25-27-49-37)50(46,47)32-17-15-29(16-18-32)28-10-4-2-5-11-28/h2-18,21,33,35H,19-20,22-27H2,1H3,(H2,38,44)(H,40,45). The lowest BCUT2D eigenvalue weighted by atomic mass is 10.0. The number of hydrogen-bond donors (Lipinski definition) is 2. The topological polar surface area (TPSA) is 129 Å². The molecule has 2 fully saturated rings. The first kappa shape index (κ1) is 36.1. The fourth-order valence-electron chi connectivity index (χ4n) is 6.48. The molecule has 0 bridgehead atoms. The zero-order valence-corrected chi connectivity index (χ0v) is 30.4. The Morgan fingerprint density at radius 1 is 0.920 bits per heavy atom. The Morgan fingerprint density at radius 3 is 2.28 bits per heavy atom. The van der Waals surface area contributed by atoms with Crippen molar-refractivity contribution in [1.82, 2.24) is 24.4 Å². The maximum Gasteiger partial charge on any atom is 0.268 e. The molecule has 2 aliphatic heterocycles. The van der Waals surface area contributed by atoms with Gasteiger partial charge in [0.25, 0.3) is 5.91 Å². The van der Waals surface area contributed by atoms with Crippen LogP contribution >= 0.6 is 23.5 Å². The summed E-state index contributed by atoms with van der Waals surface area (Å²) < 4.78 is 30.4. The van der Waals surface area contributed by atoms with Crippen LogP contribution in [-0.2, 0) is 26.0 Å². The van der Waals surface area contributed by atoms with Gasteiger partial charge in [0, 0.05) is 56.0 Å². The third-order valence-corrected chi connectivity index (χ3v) is 13.7. The van der Waals surface area contributed by atoms with Gasteiger partial charge in [-0.25, -0.2) is 13.3 Å². The summed E-state index contributed by atoms with van der Waals surface area (Å²) in [6.07, 6.45) is 3.16. The summed E-state index contributed by atoms with van der Waals surface area (Å²) in [5, 5.41) is 2.39. The molecule has 0 spiro atoms. The van der Waals surface area contributed by atoms with E-state index in [0.717, 1.165) is 35.3 Å². The van der Waals surface area contributed by atoms with E-state index < -0.39 is 38.2 Å². The van der Waals surface area contributed by atoms with E-state index in [4.69, 9.17) is 5.73 Å². The number of carbonyl (C=O) groups is 2. The van der Waals surface area contributed by atoms with Gasteiger partial charge < -0.3 is 16.0 Å². The minimum atomic E-state index is -4.20. The second kappa shape index (κ2) is 16.1. The molecule has 2 aliphatic rings. The molecule has 4 aromatic rings. The number of thioether (sulfide) groups is 2. The van der Waals surface area contributed by atoms with Crippen molar-refractivity contribution in [3.8, 4) is 11.1 Å². The third kappa shape index (κ3) is 7.78. The van der Waals surface area contributed by atoms with E-state index in [1.807, 2.05) is 85.9 Å². The normalized spacial score (nSPS) is 20.6. The number of hydrogen-bond acceptors (Lipinski definition) is 9. The number of amides is 2. The zero-order valence-electron chi connectivity index (χ0n) is 27.9. The highest BCUT2D eigenvalue weighted by Gasteiger charge is 2.61. The predicted octanol–water partition coefficient (Wildman–Crippen LogP) is 4.42. The number of carbonyl (C=O) groups excluding carboxylic acids is 2. The monoisotopic (exact) mass is 730 g/mol. The van der Waals surface area contributed by atoms with E-state index >= 15 is 0 Å². The molecule has 3 atom stereocenters. The molecule has 50 heavy (non-hydrogen) atoms. The first-order valence-corrected chi connectivity index (χ1v) is 20.1. The van der Waals surface area contributed by atoms with Gasteiger partial charge in [0.1, 0.15) is 5.37 Å². The van der Waals surface area contributed by atoms with Crippen LogP contribution in [0.3, 0.4) is 0 Å². The summed E-state index contributed by atoms with van der Waals surface area (Å²) in [6.45, 7) is 1.88. The molecule has 6 rings (SSSR count). The molecule has 2 amide bonds. The second-order valence-electron chi connectivity index (χ2n) is 12.3. The van der Waals surface area contributed by atoms with Crippen LogP contribution < -0.4 is 11.1 Å². The number of sulfonamides is 1. The van der Waals surface area contributed by atoms with Gasteiger partial charge in [-0.3, -0.25) is 14.6 Å².